The van der Waals surface area contributed by atoms with Crippen molar-refractivity contribution in [2.75, 3.05) is 33.8 Å². The zero-order valence-corrected chi connectivity index (χ0v) is 18.0. The Kier molecular flexibility index (Phi) is 8.79. The molecule has 0 aliphatic carbocycles. The Morgan fingerprint density at radius 1 is 1.21 bits per heavy atom. The number of benzene rings is 1. The van der Waals surface area contributed by atoms with E-state index in [1.165, 1.54) is 12.1 Å². The first-order valence-corrected chi connectivity index (χ1v) is 11.1. The Bertz CT molecular complexity index is 793. The van der Waals surface area contributed by atoms with Gasteiger partial charge in [0.25, 0.3) is 0 Å². The molecule has 0 aromatic heterocycles. The lowest BCUT2D eigenvalue weighted by atomic mass is 10.1. The van der Waals surface area contributed by atoms with Crippen molar-refractivity contribution < 1.29 is 23.1 Å². The van der Waals surface area contributed by atoms with Crippen molar-refractivity contribution in [3.05, 3.63) is 42.0 Å². The molecule has 0 saturated carbocycles. The summed E-state index contributed by atoms with van der Waals surface area (Å²) in [5.74, 6) is -0.145. The summed E-state index contributed by atoms with van der Waals surface area (Å²) in [5, 5.41) is 12.5. The lowest BCUT2D eigenvalue weighted by molar-refractivity contribution is -0.125. The normalized spacial score (nSPS) is 22.0. The summed E-state index contributed by atoms with van der Waals surface area (Å²) in [6, 6.07) is 5.78. The quantitative estimate of drug-likeness (QED) is 0.370. The third-order valence-electron chi connectivity index (χ3n) is 4.58. The molecule has 3 N–H and O–H groups in total. The smallest absolute Gasteiger partial charge is 0.241 e. The van der Waals surface area contributed by atoms with Crippen LogP contribution in [0, 0.1) is 6.92 Å². The number of nitrogens with zero attached hydrogens (tertiary/aromatic N) is 1. The molecule has 2 rings (SSSR count). The minimum atomic E-state index is -3.76. The topological polar surface area (TPSA) is 108 Å². The number of rotatable bonds is 10. The Balaban J connectivity index is 1.92. The fourth-order valence-electron chi connectivity index (χ4n) is 2.95. The molecule has 8 nitrogen and oxygen atoms in total. The lowest BCUT2D eigenvalue weighted by Gasteiger charge is -2.31. The largest absolute Gasteiger partial charge is 0.394 e. The van der Waals surface area contributed by atoms with Gasteiger partial charge in [-0.25, -0.2) is 13.1 Å². The van der Waals surface area contributed by atoms with Crippen molar-refractivity contribution in [3.63, 3.8) is 0 Å². The van der Waals surface area contributed by atoms with Crippen LogP contribution in [0.3, 0.4) is 0 Å². The molecule has 29 heavy (non-hydrogen) atoms. The van der Waals surface area contributed by atoms with Crippen LogP contribution in [0.2, 0.25) is 0 Å². The van der Waals surface area contributed by atoms with Gasteiger partial charge in [-0.05, 0) is 46.1 Å². The molecular weight excluding hydrogens is 394 g/mol. The SMILES string of the molecule is Cc1ccc(S(=O)(=O)N[C@@H]2C=C[C@H](CC(=O)NCCCN(C)C)O[C@H]2CO)cc1. The van der Waals surface area contributed by atoms with Gasteiger partial charge in [-0.15, -0.1) is 0 Å². The van der Waals surface area contributed by atoms with Gasteiger partial charge in [-0.3, -0.25) is 4.79 Å². The standard InChI is InChI=1S/C20H31N3O5S/c1-15-5-8-17(9-6-15)29(26,27)22-18-10-7-16(28-19(18)14-24)13-20(25)21-11-4-12-23(2)3/h5-10,16,18-19,22,24H,4,11-14H2,1-3H3,(H,21,25)/t16-,18-,19+/m1/s1. The zero-order valence-electron chi connectivity index (χ0n) is 17.2. The van der Waals surface area contributed by atoms with Crippen molar-refractivity contribution in [1.29, 1.82) is 0 Å². The van der Waals surface area contributed by atoms with E-state index in [1.54, 1.807) is 24.3 Å². The molecule has 0 saturated heterocycles. The highest BCUT2D eigenvalue weighted by Crippen LogP contribution is 2.18. The second-order valence-corrected chi connectivity index (χ2v) is 9.17. The van der Waals surface area contributed by atoms with Crippen molar-refractivity contribution in [2.45, 2.75) is 42.9 Å². The first-order chi connectivity index (χ1) is 13.7. The molecule has 0 fully saturated rings. The van der Waals surface area contributed by atoms with Crippen LogP contribution in [0.5, 0.6) is 0 Å². The molecule has 1 aliphatic rings. The van der Waals surface area contributed by atoms with E-state index in [9.17, 15) is 18.3 Å². The minimum Gasteiger partial charge on any atom is -0.394 e. The number of sulfonamides is 1. The molecular formula is C20H31N3O5S. The van der Waals surface area contributed by atoms with Crippen LogP contribution >= 0.6 is 0 Å². The van der Waals surface area contributed by atoms with Crippen LogP contribution in [-0.2, 0) is 19.6 Å². The van der Waals surface area contributed by atoms with Crippen molar-refractivity contribution in [1.82, 2.24) is 14.9 Å². The molecule has 162 valence electrons. The Labute approximate surface area is 173 Å². The number of aryl methyl sites for hydroxylation is 1. The van der Waals surface area contributed by atoms with E-state index in [2.05, 4.69) is 10.0 Å². The molecule has 1 heterocycles. The number of hydrogen-bond acceptors (Lipinski definition) is 6. The highest BCUT2D eigenvalue weighted by molar-refractivity contribution is 7.89. The number of nitrogens with one attached hydrogen (secondary N) is 2. The van der Waals surface area contributed by atoms with Gasteiger partial charge in [0.2, 0.25) is 15.9 Å². The molecule has 0 spiro atoms. The monoisotopic (exact) mass is 425 g/mol. The molecule has 3 atom stereocenters. The molecule has 9 heteroatoms. The summed E-state index contributed by atoms with van der Waals surface area (Å²) in [5.41, 5.74) is 0.959. The van der Waals surface area contributed by atoms with Gasteiger partial charge in [0.05, 0.1) is 30.1 Å². The first-order valence-electron chi connectivity index (χ1n) is 9.66. The third-order valence-corrected chi connectivity index (χ3v) is 6.05. The van der Waals surface area contributed by atoms with Crippen LogP contribution in [0.15, 0.2) is 41.3 Å². The summed E-state index contributed by atoms with van der Waals surface area (Å²) in [4.78, 5) is 14.3. The second-order valence-electron chi connectivity index (χ2n) is 7.45. The average molecular weight is 426 g/mol. The molecule has 1 amide bonds. The van der Waals surface area contributed by atoms with Gasteiger partial charge >= 0.3 is 0 Å². The number of amides is 1. The van der Waals surface area contributed by atoms with E-state index in [-0.39, 0.29) is 23.8 Å². The van der Waals surface area contributed by atoms with E-state index < -0.39 is 28.3 Å². The van der Waals surface area contributed by atoms with Gasteiger partial charge in [0.1, 0.15) is 6.10 Å². The maximum atomic E-state index is 12.6. The van der Waals surface area contributed by atoms with Crippen molar-refractivity contribution in [3.8, 4) is 0 Å². The van der Waals surface area contributed by atoms with Gasteiger partial charge < -0.3 is 20.1 Å². The van der Waals surface area contributed by atoms with E-state index in [1.807, 2.05) is 25.9 Å². The third kappa shape index (κ3) is 7.52. The highest BCUT2D eigenvalue weighted by Gasteiger charge is 2.31. The molecule has 0 unspecified atom stereocenters. The van der Waals surface area contributed by atoms with Crippen molar-refractivity contribution in [2.24, 2.45) is 0 Å². The molecule has 1 aliphatic heterocycles. The number of carbonyl (C=O) groups is 1. The summed E-state index contributed by atoms with van der Waals surface area (Å²) in [6.07, 6.45) is 2.98. The van der Waals surface area contributed by atoms with Crippen LogP contribution in [0.1, 0.15) is 18.4 Å². The van der Waals surface area contributed by atoms with Gasteiger partial charge in [-0.1, -0.05) is 29.8 Å². The van der Waals surface area contributed by atoms with Gasteiger partial charge in [0, 0.05) is 6.54 Å². The Hall–Kier alpha value is -1.78. The van der Waals surface area contributed by atoms with E-state index in [0.717, 1.165) is 18.5 Å². The lowest BCUT2D eigenvalue weighted by Crippen LogP contribution is -2.49. The molecule has 1 aromatic rings. The summed E-state index contributed by atoms with van der Waals surface area (Å²) in [7, 11) is 0.189. The average Bonchev–Trinajstić information content (AvgIpc) is 2.66. The van der Waals surface area contributed by atoms with Crippen LogP contribution in [-0.4, -0.2) is 76.4 Å². The van der Waals surface area contributed by atoms with Crippen LogP contribution in [0.4, 0.5) is 0 Å². The molecule has 0 radical (unpaired) electrons. The second kappa shape index (κ2) is 10.8. The molecule has 0 bridgehead atoms. The zero-order chi connectivity index (χ0) is 21.4. The molecule has 1 aromatic carbocycles. The summed E-state index contributed by atoms with van der Waals surface area (Å²) in [6.45, 7) is 2.97. The fourth-order valence-corrected chi connectivity index (χ4v) is 4.17. The van der Waals surface area contributed by atoms with Crippen LogP contribution < -0.4 is 10.0 Å². The predicted molar refractivity (Wildman–Crippen MR) is 111 cm³/mol. The van der Waals surface area contributed by atoms with Crippen LogP contribution in [0.25, 0.3) is 0 Å². The Morgan fingerprint density at radius 2 is 1.90 bits per heavy atom. The van der Waals surface area contributed by atoms with E-state index in [4.69, 9.17) is 4.74 Å². The first kappa shape index (κ1) is 23.5. The summed E-state index contributed by atoms with van der Waals surface area (Å²) < 4.78 is 33.4. The number of ether oxygens (including phenoxy) is 1. The van der Waals surface area contributed by atoms with E-state index >= 15 is 0 Å². The number of aliphatic hydroxyl groups is 1. The van der Waals surface area contributed by atoms with E-state index in [0.29, 0.717) is 6.54 Å². The minimum absolute atomic E-state index is 0.117. The number of aliphatic hydroxyl groups excluding tert-OH is 1. The highest BCUT2D eigenvalue weighted by atomic mass is 32.2. The predicted octanol–water partition coefficient (Wildman–Crippen LogP) is 0.416. The Morgan fingerprint density at radius 3 is 2.52 bits per heavy atom. The van der Waals surface area contributed by atoms with Gasteiger partial charge in [0.15, 0.2) is 0 Å². The van der Waals surface area contributed by atoms with Crippen molar-refractivity contribution >= 4 is 15.9 Å². The maximum absolute atomic E-state index is 12.6. The number of carbonyl (C=O) groups excluding carboxylic acids is 1. The number of hydrogen-bond donors (Lipinski definition) is 3. The fraction of sp³-hybridized carbons (Fsp3) is 0.550. The van der Waals surface area contributed by atoms with Gasteiger partial charge in [-0.2, -0.15) is 0 Å². The maximum Gasteiger partial charge on any atom is 0.241 e. The summed E-state index contributed by atoms with van der Waals surface area (Å²) >= 11 is 0.